The number of nitrogens with two attached hydrogens (primary N) is 1. The smallest absolute Gasteiger partial charge is 0.227 e. The SMILES string of the molecule is Cc1cc(N2CCN(C[C@H]3CN(c4ccc(N)c5ncccc45)C[C@@H](C)O3)CC2)nc(N2C[C@@H]3CO[C@@H](C2)N3)n1. The van der Waals surface area contributed by atoms with Gasteiger partial charge in [-0.25, -0.2) is 4.98 Å². The van der Waals surface area contributed by atoms with Crippen molar-refractivity contribution < 1.29 is 9.47 Å². The fraction of sp³-hybridized carbons (Fsp3) is 0.552. The van der Waals surface area contributed by atoms with Crippen LogP contribution in [0.1, 0.15) is 12.6 Å². The Kier molecular flexibility index (Phi) is 6.82. The minimum absolute atomic E-state index is 0.0749. The second-order valence-corrected chi connectivity index (χ2v) is 11.6. The lowest BCUT2D eigenvalue weighted by molar-refractivity contribution is -0.0327. The average Bonchev–Trinajstić information content (AvgIpc) is 3.30. The van der Waals surface area contributed by atoms with Crippen LogP contribution in [0.2, 0.25) is 0 Å². The summed E-state index contributed by atoms with van der Waals surface area (Å²) in [6.07, 6.45) is 2.17. The van der Waals surface area contributed by atoms with Crippen LogP contribution in [0.5, 0.6) is 0 Å². The molecule has 1 aromatic carbocycles. The van der Waals surface area contributed by atoms with E-state index in [1.807, 2.05) is 12.1 Å². The molecule has 4 aliphatic rings. The van der Waals surface area contributed by atoms with E-state index in [4.69, 9.17) is 25.2 Å². The lowest BCUT2D eigenvalue weighted by Crippen LogP contribution is -2.54. The maximum Gasteiger partial charge on any atom is 0.227 e. The molecule has 7 rings (SSSR count). The molecule has 3 N–H and O–H groups in total. The molecule has 4 aliphatic heterocycles. The Morgan fingerprint density at radius 1 is 1.00 bits per heavy atom. The van der Waals surface area contributed by atoms with Gasteiger partial charge in [0.05, 0.1) is 42.6 Å². The summed E-state index contributed by atoms with van der Waals surface area (Å²) in [5.74, 6) is 1.83. The van der Waals surface area contributed by atoms with E-state index in [-0.39, 0.29) is 18.4 Å². The highest BCUT2D eigenvalue weighted by Gasteiger charge is 2.35. The lowest BCUT2D eigenvalue weighted by atomic mass is 10.1. The third-order valence-corrected chi connectivity index (χ3v) is 8.46. The van der Waals surface area contributed by atoms with Gasteiger partial charge in [0.2, 0.25) is 5.95 Å². The number of morpholine rings is 1. The van der Waals surface area contributed by atoms with E-state index < -0.39 is 0 Å². The van der Waals surface area contributed by atoms with E-state index in [0.29, 0.717) is 6.04 Å². The van der Waals surface area contributed by atoms with Gasteiger partial charge in [-0.2, -0.15) is 4.98 Å². The molecule has 212 valence electrons. The molecule has 11 nitrogen and oxygen atoms in total. The number of hydrogen-bond acceptors (Lipinski definition) is 11. The molecule has 0 spiro atoms. The number of aromatic nitrogens is 3. The number of nitrogens with zero attached hydrogens (tertiary/aromatic N) is 7. The minimum atomic E-state index is 0.0749. The Morgan fingerprint density at radius 2 is 1.88 bits per heavy atom. The molecule has 0 radical (unpaired) electrons. The average molecular weight is 546 g/mol. The predicted octanol–water partition coefficient (Wildman–Crippen LogP) is 1.47. The van der Waals surface area contributed by atoms with Crippen LogP contribution in [0.25, 0.3) is 10.9 Å². The Morgan fingerprint density at radius 3 is 2.73 bits per heavy atom. The molecule has 2 bridgehead atoms. The van der Waals surface area contributed by atoms with E-state index in [1.54, 1.807) is 6.20 Å². The number of pyridine rings is 1. The molecular weight excluding hydrogens is 506 g/mol. The van der Waals surface area contributed by atoms with Crippen molar-refractivity contribution in [3.63, 3.8) is 0 Å². The highest BCUT2D eigenvalue weighted by Crippen LogP contribution is 2.31. The van der Waals surface area contributed by atoms with Gasteiger partial charge >= 0.3 is 0 Å². The standard InChI is InChI=1S/C29H39N9O2/c1-19-12-26(34-29(32-19)38-14-21-18-39-27(17-38)33-21)36-10-8-35(9-11-36)15-22-16-37(13-20(2)40-22)25-6-5-24(30)28-23(25)4-3-7-31-28/h3-7,12,20-22,27,33H,8-11,13-18,30H2,1-2H3/t20-,21-,22+,27+/m1/s1. The Hall–Kier alpha value is -3.25. The van der Waals surface area contributed by atoms with Crippen LogP contribution in [-0.4, -0.2) is 110 Å². The largest absolute Gasteiger partial charge is 0.397 e. The zero-order valence-corrected chi connectivity index (χ0v) is 23.4. The normalized spacial score (nSPS) is 27.5. The van der Waals surface area contributed by atoms with E-state index >= 15 is 0 Å². The van der Waals surface area contributed by atoms with E-state index in [9.17, 15) is 0 Å². The van der Waals surface area contributed by atoms with Crippen molar-refractivity contribution in [2.75, 3.05) is 85.9 Å². The second kappa shape index (κ2) is 10.6. The van der Waals surface area contributed by atoms with Gasteiger partial charge in [-0.15, -0.1) is 0 Å². The summed E-state index contributed by atoms with van der Waals surface area (Å²) >= 11 is 0. The van der Waals surface area contributed by atoms with Crippen molar-refractivity contribution in [3.05, 3.63) is 42.2 Å². The number of fused-ring (bicyclic) bond motifs is 3. The van der Waals surface area contributed by atoms with Crippen LogP contribution in [0, 0.1) is 6.92 Å². The lowest BCUT2D eigenvalue weighted by Gasteiger charge is -2.42. The zero-order chi connectivity index (χ0) is 27.2. The Balaban J connectivity index is 0.991. The Labute approximate surface area is 235 Å². The molecule has 40 heavy (non-hydrogen) atoms. The van der Waals surface area contributed by atoms with Gasteiger partial charge in [-0.05, 0) is 38.1 Å². The van der Waals surface area contributed by atoms with Crippen LogP contribution in [0.3, 0.4) is 0 Å². The summed E-state index contributed by atoms with van der Waals surface area (Å²) < 4.78 is 12.2. The summed E-state index contributed by atoms with van der Waals surface area (Å²) in [5.41, 5.74) is 9.99. The van der Waals surface area contributed by atoms with Gasteiger partial charge in [0, 0.05) is 81.4 Å². The zero-order valence-electron chi connectivity index (χ0n) is 23.4. The molecule has 4 saturated heterocycles. The van der Waals surface area contributed by atoms with Gasteiger partial charge in [0.1, 0.15) is 12.0 Å². The first-order valence-corrected chi connectivity index (χ1v) is 14.5. The maximum atomic E-state index is 6.43. The maximum absolute atomic E-state index is 6.43. The van der Waals surface area contributed by atoms with Crippen LogP contribution >= 0.6 is 0 Å². The van der Waals surface area contributed by atoms with Crippen LogP contribution in [0.4, 0.5) is 23.1 Å². The first-order valence-electron chi connectivity index (χ1n) is 14.5. The highest BCUT2D eigenvalue weighted by molar-refractivity contribution is 5.98. The second-order valence-electron chi connectivity index (χ2n) is 11.6. The number of rotatable bonds is 5. The summed E-state index contributed by atoms with van der Waals surface area (Å²) in [4.78, 5) is 23.9. The molecule has 4 fully saturated rings. The van der Waals surface area contributed by atoms with Crippen LogP contribution < -0.4 is 25.8 Å². The fourth-order valence-corrected chi connectivity index (χ4v) is 6.59. The number of benzene rings is 1. The first kappa shape index (κ1) is 25.7. The first-order chi connectivity index (χ1) is 19.5. The molecule has 0 aliphatic carbocycles. The summed E-state index contributed by atoms with van der Waals surface area (Å²) in [7, 11) is 0. The highest BCUT2D eigenvalue weighted by atomic mass is 16.5. The Bertz CT molecular complexity index is 1350. The summed E-state index contributed by atoms with van der Waals surface area (Å²) in [6, 6.07) is 10.7. The van der Waals surface area contributed by atoms with Crippen molar-refractivity contribution in [1.29, 1.82) is 0 Å². The van der Waals surface area contributed by atoms with E-state index in [1.165, 1.54) is 5.69 Å². The monoisotopic (exact) mass is 545 g/mol. The van der Waals surface area contributed by atoms with Gasteiger partial charge in [-0.3, -0.25) is 15.2 Å². The van der Waals surface area contributed by atoms with E-state index in [2.05, 4.69) is 61.9 Å². The summed E-state index contributed by atoms with van der Waals surface area (Å²) in [5, 5.41) is 4.59. The molecule has 11 heteroatoms. The molecule has 4 atom stereocenters. The number of piperazine rings is 2. The molecule has 3 aromatic rings. The third kappa shape index (κ3) is 5.14. The van der Waals surface area contributed by atoms with Crippen molar-refractivity contribution in [3.8, 4) is 0 Å². The minimum Gasteiger partial charge on any atom is -0.397 e. The third-order valence-electron chi connectivity index (χ3n) is 8.46. The van der Waals surface area contributed by atoms with Gasteiger partial charge in [0.25, 0.3) is 0 Å². The van der Waals surface area contributed by atoms with Crippen molar-refractivity contribution in [2.24, 2.45) is 0 Å². The quantitative estimate of drug-likeness (QED) is 0.455. The van der Waals surface area contributed by atoms with Gasteiger partial charge < -0.3 is 29.9 Å². The van der Waals surface area contributed by atoms with E-state index in [0.717, 1.165) is 99.6 Å². The molecule has 0 saturated carbocycles. The molecular formula is C29H39N9O2. The topological polar surface area (TPSA) is 108 Å². The van der Waals surface area contributed by atoms with Crippen LogP contribution in [0.15, 0.2) is 36.5 Å². The van der Waals surface area contributed by atoms with Gasteiger partial charge in [-0.1, -0.05) is 0 Å². The molecule has 0 unspecified atom stereocenters. The molecule has 0 amide bonds. The number of aryl methyl sites for hydroxylation is 1. The fourth-order valence-electron chi connectivity index (χ4n) is 6.59. The van der Waals surface area contributed by atoms with Gasteiger partial charge in [0.15, 0.2) is 0 Å². The number of nitrogen functional groups attached to an aromatic ring is 1. The number of hydrogen-bond donors (Lipinski definition) is 2. The van der Waals surface area contributed by atoms with Crippen molar-refractivity contribution in [2.45, 2.75) is 38.3 Å². The molecule has 6 heterocycles. The molecule has 2 aromatic heterocycles. The number of ether oxygens (including phenoxy) is 2. The van der Waals surface area contributed by atoms with Crippen molar-refractivity contribution >= 4 is 34.0 Å². The number of anilines is 4. The van der Waals surface area contributed by atoms with Crippen LogP contribution in [-0.2, 0) is 9.47 Å². The number of nitrogens with one attached hydrogen (secondary N) is 1. The predicted molar refractivity (Wildman–Crippen MR) is 157 cm³/mol. The summed E-state index contributed by atoms with van der Waals surface area (Å²) in [6.45, 7) is 13.1. The van der Waals surface area contributed by atoms with Crippen molar-refractivity contribution in [1.82, 2.24) is 25.2 Å².